The Balaban J connectivity index is 2.03. The van der Waals surface area contributed by atoms with E-state index >= 15 is 0 Å². The van der Waals surface area contributed by atoms with Crippen LogP contribution in [0, 0.1) is 20.2 Å². The van der Waals surface area contributed by atoms with E-state index in [4.69, 9.17) is 0 Å². The number of carbonyl (C=O) groups is 1. The van der Waals surface area contributed by atoms with Gasteiger partial charge in [-0.05, 0) is 6.07 Å². The van der Waals surface area contributed by atoms with Crippen LogP contribution in [0.3, 0.4) is 0 Å². The first-order valence-electron chi connectivity index (χ1n) is 8.39. The molecule has 9 nitrogen and oxygen atoms in total. The summed E-state index contributed by atoms with van der Waals surface area (Å²) in [6.07, 6.45) is 0. The Kier molecular flexibility index (Phi) is 5.69. The van der Waals surface area contributed by atoms with Gasteiger partial charge in [-0.1, -0.05) is 60.7 Å². The zero-order valence-electron chi connectivity index (χ0n) is 14.9. The monoisotopic (exact) mass is 390 g/mol. The number of hydrazone groups is 1. The maximum absolute atomic E-state index is 12.9. The molecule has 0 spiro atoms. The Morgan fingerprint density at radius 1 is 0.793 bits per heavy atom. The van der Waals surface area contributed by atoms with Crippen LogP contribution in [0.1, 0.15) is 15.9 Å². The number of hydrogen-bond donors (Lipinski definition) is 1. The molecule has 0 unspecified atom stereocenters. The second-order valence-corrected chi connectivity index (χ2v) is 5.85. The Labute approximate surface area is 164 Å². The summed E-state index contributed by atoms with van der Waals surface area (Å²) in [4.78, 5) is 33.6. The third-order valence-electron chi connectivity index (χ3n) is 3.98. The van der Waals surface area contributed by atoms with Gasteiger partial charge in [0.15, 0.2) is 0 Å². The van der Waals surface area contributed by atoms with E-state index in [0.717, 1.165) is 12.1 Å². The highest BCUT2D eigenvalue weighted by Crippen LogP contribution is 2.29. The molecule has 0 atom stereocenters. The molecule has 0 aliphatic rings. The van der Waals surface area contributed by atoms with Crippen molar-refractivity contribution in [3.8, 4) is 0 Å². The predicted octanol–water partition coefficient (Wildman–Crippen LogP) is 4.20. The van der Waals surface area contributed by atoms with Crippen molar-refractivity contribution < 1.29 is 14.6 Å². The summed E-state index contributed by atoms with van der Waals surface area (Å²) in [6, 6.07) is 20.2. The number of nitrogens with one attached hydrogen (secondary N) is 1. The number of nitro groups is 2. The summed E-state index contributed by atoms with van der Waals surface area (Å²) >= 11 is 0. The van der Waals surface area contributed by atoms with Crippen LogP contribution < -0.4 is 5.43 Å². The lowest BCUT2D eigenvalue weighted by atomic mass is 10.0. The zero-order chi connectivity index (χ0) is 20.8. The van der Waals surface area contributed by atoms with Crippen molar-refractivity contribution in [3.63, 3.8) is 0 Å². The van der Waals surface area contributed by atoms with Crippen molar-refractivity contribution in [2.45, 2.75) is 0 Å². The summed E-state index contributed by atoms with van der Waals surface area (Å²) in [6.45, 7) is 0. The lowest BCUT2D eigenvalue weighted by Gasteiger charge is -2.08. The van der Waals surface area contributed by atoms with Crippen LogP contribution in [0.2, 0.25) is 0 Å². The van der Waals surface area contributed by atoms with E-state index in [2.05, 4.69) is 10.5 Å². The number of hydrogen-bond acceptors (Lipinski definition) is 7. The average molecular weight is 390 g/mol. The standard InChI is InChI=1S/C20H14N4O5/c25-20(15-9-5-2-6-10-15)19(14-7-3-1-4-8-14)22-21-17-12-11-16(23(26)27)13-18(17)24(28)29/h1-13,21H/b22-19+. The molecular weight excluding hydrogens is 376 g/mol. The summed E-state index contributed by atoms with van der Waals surface area (Å²) in [5.41, 5.74) is 2.45. The molecule has 144 valence electrons. The first-order chi connectivity index (χ1) is 14.0. The second-order valence-electron chi connectivity index (χ2n) is 5.85. The van der Waals surface area contributed by atoms with Gasteiger partial charge in [-0.25, -0.2) is 0 Å². The van der Waals surface area contributed by atoms with Crippen molar-refractivity contribution in [2.75, 3.05) is 5.43 Å². The number of carbonyl (C=O) groups excluding carboxylic acids is 1. The van der Waals surface area contributed by atoms with E-state index in [-0.39, 0.29) is 17.2 Å². The van der Waals surface area contributed by atoms with Crippen LogP contribution in [0.5, 0.6) is 0 Å². The molecular formula is C20H14N4O5. The van der Waals surface area contributed by atoms with Gasteiger partial charge in [0.2, 0.25) is 5.78 Å². The molecule has 29 heavy (non-hydrogen) atoms. The topological polar surface area (TPSA) is 128 Å². The third kappa shape index (κ3) is 4.48. The quantitative estimate of drug-likeness (QED) is 0.279. The largest absolute Gasteiger partial charge is 0.301 e. The molecule has 3 aromatic carbocycles. The minimum atomic E-state index is -0.758. The fraction of sp³-hybridized carbons (Fsp3) is 0. The summed E-state index contributed by atoms with van der Waals surface area (Å²) in [5.74, 6) is -0.381. The lowest BCUT2D eigenvalue weighted by Crippen LogP contribution is -2.17. The minimum absolute atomic E-state index is 0.0458. The van der Waals surface area contributed by atoms with Gasteiger partial charge >= 0.3 is 5.69 Å². The molecule has 0 amide bonds. The van der Waals surface area contributed by atoms with Crippen molar-refractivity contribution in [1.82, 2.24) is 0 Å². The van der Waals surface area contributed by atoms with Crippen molar-refractivity contribution in [1.29, 1.82) is 0 Å². The number of anilines is 1. The molecule has 0 heterocycles. The number of non-ortho nitro benzene ring substituents is 1. The van der Waals surface area contributed by atoms with Crippen LogP contribution in [0.4, 0.5) is 17.1 Å². The van der Waals surface area contributed by atoms with Gasteiger partial charge in [0.25, 0.3) is 5.69 Å². The van der Waals surface area contributed by atoms with Crippen LogP contribution in [0.25, 0.3) is 0 Å². The number of benzene rings is 3. The maximum Gasteiger partial charge on any atom is 0.301 e. The Morgan fingerprint density at radius 2 is 1.38 bits per heavy atom. The summed E-state index contributed by atoms with van der Waals surface area (Å²) in [7, 11) is 0. The van der Waals surface area contributed by atoms with Crippen LogP contribution in [0.15, 0.2) is 84.0 Å². The zero-order valence-corrected chi connectivity index (χ0v) is 14.9. The highest BCUT2D eigenvalue weighted by molar-refractivity contribution is 6.51. The van der Waals surface area contributed by atoms with Crippen LogP contribution in [-0.4, -0.2) is 21.3 Å². The van der Waals surface area contributed by atoms with Gasteiger partial charge in [0.1, 0.15) is 11.4 Å². The molecule has 9 heteroatoms. The number of nitro benzene ring substituents is 2. The molecule has 0 bridgehead atoms. The SMILES string of the molecule is O=C(/C(=N/Nc1ccc([N+](=O)[O-])cc1[N+](=O)[O-])c1ccccc1)c1ccccc1. The van der Waals surface area contributed by atoms with E-state index in [9.17, 15) is 25.0 Å². The van der Waals surface area contributed by atoms with Crippen LogP contribution in [-0.2, 0) is 0 Å². The number of ketones is 1. The van der Waals surface area contributed by atoms with Crippen molar-refractivity contribution in [3.05, 3.63) is 110 Å². The minimum Gasteiger partial charge on any atom is -0.287 e. The molecule has 0 aliphatic heterocycles. The fourth-order valence-corrected chi connectivity index (χ4v) is 2.56. The van der Waals surface area contributed by atoms with Gasteiger partial charge in [0.05, 0.1) is 15.9 Å². The van der Waals surface area contributed by atoms with Gasteiger partial charge in [0, 0.05) is 17.2 Å². The highest BCUT2D eigenvalue weighted by atomic mass is 16.6. The first-order valence-corrected chi connectivity index (χ1v) is 8.39. The molecule has 3 aromatic rings. The third-order valence-corrected chi connectivity index (χ3v) is 3.98. The number of nitrogens with zero attached hydrogens (tertiary/aromatic N) is 3. The normalized spacial score (nSPS) is 11.0. The van der Waals surface area contributed by atoms with E-state index in [1.165, 1.54) is 6.07 Å². The van der Waals surface area contributed by atoms with Gasteiger partial charge in [-0.2, -0.15) is 5.10 Å². The molecule has 0 aromatic heterocycles. The number of rotatable bonds is 7. The molecule has 0 saturated heterocycles. The van der Waals surface area contributed by atoms with Crippen molar-refractivity contribution in [2.24, 2.45) is 5.10 Å². The Hall–Kier alpha value is -4.40. The van der Waals surface area contributed by atoms with Crippen LogP contribution >= 0.6 is 0 Å². The van der Waals surface area contributed by atoms with Gasteiger partial charge in [-0.3, -0.25) is 30.4 Å². The molecule has 0 fully saturated rings. The van der Waals surface area contributed by atoms with Gasteiger partial charge in [-0.15, -0.1) is 0 Å². The molecule has 0 aliphatic carbocycles. The lowest BCUT2D eigenvalue weighted by molar-refractivity contribution is -0.393. The number of Topliss-reactive ketones (excluding diaryl/α,β-unsaturated/α-hetero) is 1. The van der Waals surface area contributed by atoms with E-state index < -0.39 is 21.2 Å². The summed E-state index contributed by atoms with van der Waals surface area (Å²) < 4.78 is 0. The van der Waals surface area contributed by atoms with E-state index in [0.29, 0.717) is 11.1 Å². The molecule has 0 radical (unpaired) electrons. The fourth-order valence-electron chi connectivity index (χ4n) is 2.56. The molecule has 0 saturated carbocycles. The first kappa shape index (κ1) is 19.4. The Morgan fingerprint density at radius 3 is 1.93 bits per heavy atom. The second kappa shape index (κ2) is 8.53. The van der Waals surface area contributed by atoms with E-state index in [1.54, 1.807) is 60.7 Å². The van der Waals surface area contributed by atoms with Crippen molar-refractivity contribution >= 4 is 28.6 Å². The maximum atomic E-state index is 12.9. The molecule has 1 N–H and O–H groups in total. The Bertz CT molecular complexity index is 1100. The summed E-state index contributed by atoms with van der Waals surface area (Å²) in [5, 5.41) is 26.3. The smallest absolute Gasteiger partial charge is 0.287 e. The predicted molar refractivity (Wildman–Crippen MR) is 107 cm³/mol. The molecule has 3 rings (SSSR count). The highest BCUT2D eigenvalue weighted by Gasteiger charge is 2.21. The average Bonchev–Trinajstić information content (AvgIpc) is 2.75. The van der Waals surface area contributed by atoms with E-state index in [1.807, 2.05) is 0 Å². The van der Waals surface area contributed by atoms with Gasteiger partial charge < -0.3 is 0 Å².